The summed E-state index contributed by atoms with van der Waals surface area (Å²) in [7, 11) is 1.54. The van der Waals surface area contributed by atoms with Gasteiger partial charge in [-0.25, -0.2) is 9.79 Å². The summed E-state index contributed by atoms with van der Waals surface area (Å²) < 4.78 is 20.6. The first-order valence-corrected chi connectivity index (χ1v) is 16.2. The van der Waals surface area contributed by atoms with Crippen molar-refractivity contribution >= 4 is 78.4 Å². The number of carbonyl (C=O) groups is 1. The molecule has 0 spiro atoms. The molecule has 0 N–H and O–H groups in total. The zero-order valence-corrected chi connectivity index (χ0v) is 28.6. The molecule has 222 valence electrons. The molecule has 3 aromatic carbocycles. The summed E-state index contributed by atoms with van der Waals surface area (Å²) in [6.45, 7) is 3.94. The number of carbonyl (C=O) groups excluding carboxylic acids is 1. The van der Waals surface area contributed by atoms with Crippen molar-refractivity contribution in [2.45, 2.75) is 26.5 Å². The number of rotatable bonds is 8. The highest BCUT2D eigenvalue weighted by Gasteiger charge is 2.33. The lowest BCUT2D eigenvalue weighted by Crippen LogP contribution is -2.39. The molecule has 0 fully saturated rings. The monoisotopic (exact) mass is 764 g/mol. The summed E-state index contributed by atoms with van der Waals surface area (Å²) in [6.07, 6.45) is 1.77. The number of nitrogens with zero attached hydrogens (tertiary/aromatic N) is 2. The van der Waals surface area contributed by atoms with E-state index in [4.69, 9.17) is 37.4 Å². The van der Waals surface area contributed by atoms with Crippen LogP contribution in [-0.2, 0) is 16.1 Å². The number of benzene rings is 3. The van der Waals surface area contributed by atoms with E-state index >= 15 is 0 Å². The quantitative estimate of drug-likeness (QED) is 0.177. The van der Waals surface area contributed by atoms with Gasteiger partial charge in [0.15, 0.2) is 16.3 Å². The third-order valence-electron chi connectivity index (χ3n) is 6.62. The maximum absolute atomic E-state index is 13.9. The van der Waals surface area contributed by atoms with Crippen LogP contribution in [0.5, 0.6) is 11.5 Å². The fourth-order valence-electron chi connectivity index (χ4n) is 4.65. The molecular formula is C31H24Br2Cl2N2O5S. The molecule has 0 aliphatic carbocycles. The first kappa shape index (κ1) is 31.5. The molecule has 0 amide bonds. The van der Waals surface area contributed by atoms with Gasteiger partial charge in [-0.3, -0.25) is 9.36 Å². The van der Waals surface area contributed by atoms with Crippen LogP contribution in [-0.4, -0.2) is 24.3 Å². The van der Waals surface area contributed by atoms with Crippen LogP contribution >= 0.6 is 66.4 Å². The van der Waals surface area contributed by atoms with Gasteiger partial charge in [0.05, 0.1) is 50.1 Å². The zero-order chi connectivity index (χ0) is 30.8. The maximum atomic E-state index is 13.9. The maximum Gasteiger partial charge on any atom is 0.338 e. The van der Waals surface area contributed by atoms with Gasteiger partial charge in [-0.05, 0) is 88.9 Å². The Hall–Kier alpha value is -2.89. The molecule has 0 saturated heterocycles. The average Bonchev–Trinajstić information content (AvgIpc) is 3.27. The minimum absolute atomic E-state index is 0.205. The number of hydrogen-bond acceptors (Lipinski definition) is 7. The first-order chi connectivity index (χ1) is 20.6. The summed E-state index contributed by atoms with van der Waals surface area (Å²) >= 11 is 20.5. The molecule has 4 aromatic rings. The molecule has 2 heterocycles. The van der Waals surface area contributed by atoms with Crippen molar-refractivity contribution in [2.75, 3.05) is 13.7 Å². The van der Waals surface area contributed by atoms with Crippen molar-refractivity contribution in [3.05, 3.63) is 121 Å². The fraction of sp³-hybridized carbons (Fsp3) is 0.194. The van der Waals surface area contributed by atoms with Crippen LogP contribution in [0.15, 0.2) is 84.6 Å². The van der Waals surface area contributed by atoms with E-state index in [-0.39, 0.29) is 18.8 Å². The van der Waals surface area contributed by atoms with Gasteiger partial charge in [-0.15, -0.1) is 0 Å². The molecule has 0 unspecified atom stereocenters. The number of hydrogen-bond donors (Lipinski definition) is 0. The van der Waals surface area contributed by atoms with E-state index in [2.05, 4.69) is 36.9 Å². The number of allylic oxidation sites excluding steroid dienone is 1. The van der Waals surface area contributed by atoms with E-state index in [0.717, 1.165) is 15.6 Å². The largest absolute Gasteiger partial charge is 0.493 e. The number of esters is 1. The number of ether oxygens (including phenoxy) is 3. The van der Waals surface area contributed by atoms with Crippen LogP contribution in [0, 0.1) is 0 Å². The molecule has 0 radical (unpaired) electrons. The summed E-state index contributed by atoms with van der Waals surface area (Å²) in [4.78, 5) is 32.1. The van der Waals surface area contributed by atoms with Crippen molar-refractivity contribution in [1.29, 1.82) is 0 Å². The number of aromatic nitrogens is 1. The van der Waals surface area contributed by atoms with Crippen molar-refractivity contribution in [2.24, 2.45) is 4.99 Å². The highest BCUT2D eigenvalue weighted by Crippen LogP contribution is 2.38. The first-order valence-electron chi connectivity index (χ1n) is 13.0. The molecule has 43 heavy (non-hydrogen) atoms. The van der Waals surface area contributed by atoms with E-state index < -0.39 is 12.0 Å². The standard InChI is InChI=1S/C31H24Br2Cl2N2O5S/c1-4-41-30(39)26-16(2)36-31-37(27(26)19-6-8-20(32)9-7-19)29(38)25(43-31)14-18-11-21(33)28(24(13-18)40-3)42-15-17-5-10-22(34)23(35)12-17/h5-14,27H,4,15H2,1-3H3/b25-14-/t27-/m0/s1. The SMILES string of the molecule is CCOC(=O)C1=C(C)N=c2s/c(=C\c3cc(Br)c(OCc4ccc(Cl)c(Cl)c4)c(OC)c3)c(=O)n2[C@H]1c1ccc(Br)cc1. The summed E-state index contributed by atoms with van der Waals surface area (Å²) in [5, 5.41) is 0.909. The molecule has 5 rings (SSSR count). The topological polar surface area (TPSA) is 79.1 Å². The van der Waals surface area contributed by atoms with Gasteiger partial charge < -0.3 is 14.2 Å². The van der Waals surface area contributed by atoms with E-state index in [1.807, 2.05) is 36.4 Å². The van der Waals surface area contributed by atoms with Gasteiger partial charge in [0.2, 0.25) is 0 Å². The second kappa shape index (κ2) is 13.4. The Balaban J connectivity index is 1.56. The van der Waals surface area contributed by atoms with Crippen LogP contribution in [0.4, 0.5) is 0 Å². The van der Waals surface area contributed by atoms with Crippen LogP contribution in [0.2, 0.25) is 10.0 Å². The molecule has 7 nitrogen and oxygen atoms in total. The van der Waals surface area contributed by atoms with Gasteiger partial charge in [-0.1, -0.05) is 68.7 Å². The van der Waals surface area contributed by atoms with Gasteiger partial charge in [0.1, 0.15) is 6.61 Å². The predicted octanol–water partition coefficient (Wildman–Crippen LogP) is 7.22. The van der Waals surface area contributed by atoms with Gasteiger partial charge in [0.25, 0.3) is 5.56 Å². The number of methoxy groups -OCH3 is 1. The zero-order valence-electron chi connectivity index (χ0n) is 23.1. The highest BCUT2D eigenvalue weighted by molar-refractivity contribution is 9.10. The molecule has 1 aliphatic heterocycles. The Labute approximate surface area is 278 Å². The number of thiazole rings is 1. The Morgan fingerprint density at radius 2 is 1.84 bits per heavy atom. The van der Waals surface area contributed by atoms with Gasteiger partial charge in [0, 0.05) is 4.47 Å². The van der Waals surface area contributed by atoms with Crippen molar-refractivity contribution in [1.82, 2.24) is 4.57 Å². The van der Waals surface area contributed by atoms with Gasteiger partial charge in [-0.2, -0.15) is 0 Å². The summed E-state index contributed by atoms with van der Waals surface area (Å²) in [5.41, 5.74) is 2.87. The summed E-state index contributed by atoms with van der Waals surface area (Å²) in [6, 6.07) is 15.7. The van der Waals surface area contributed by atoms with Gasteiger partial charge >= 0.3 is 5.97 Å². The minimum atomic E-state index is -0.691. The Morgan fingerprint density at radius 3 is 2.51 bits per heavy atom. The predicted molar refractivity (Wildman–Crippen MR) is 176 cm³/mol. The summed E-state index contributed by atoms with van der Waals surface area (Å²) in [5.74, 6) is 0.467. The molecule has 1 aromatic heterocycles. The molecule has 1 aliphatic rings. The molecule has 12 heteroatoms. The molecular weight excluding hydrogens is 743 g/mol. The Kier molecular flexibility index (Phi) is 9.83. The lowest BCUT2D eigenvalue weighted by Gasteiger charge is -2.24. The lowest BCUT2D eigenvalue weighted by molar-refractivity contribution is -0.139. The van der Waals surface area contributed by atoms with E-state index in [1.54, 1.807) is 49.8 Å². The third-order valence-corrected chi connectivity index (χ3v) is 9.46. The van der Waals surface area contributed by atoms with Crippen molar-refractivity contribution < 1.29 is 19.0 Å². The number of halogens is 4. The fourth-order valence-corrected chi connectivity index (χ4v) is 6.86. The second-order valence-corrected chi connectivity index (χ2v) is 13.0. The minimum Gasteiger partial charge on any atom is -0.493 e. The lowest BCUT2D eigenvalue weighted by atomic mass is 9.96. The van der Waals surface area contributed by atoms with Crippen molar-refractivity contribution in [3.8, 4) is 11.5 Å². The average molecular weight is 767 g/mol. The Bertz CT molecular complexity index is 1940. The van der Waals surface area contributed by atoms with Crippen LogP contribution in [0.3, 0.4) is 0 Å². The second-order valence-electron chi connectivity index (χ2n) is 9.43. The Morgan fingerprint density at radius 1 is 1.09 bits per heavy atom. The van der Waals surface area contributed by atoms with E-state index in [0.29, 0.717) is 52.2 Å². The third kappa shape index (κ3) is 6.63. The smallest absolute Gasteiger partial charge is 0.338 e. The van der Waals surface area contributed by atoms with E-state index in [1.165, 1.54) is 11.3 Å². The number of fused-ring (bicyclic) bond motifs is 1. The van der Waals surface area contributed by atoms with Crippen LogP contribution < -0.4 is 24.4 Å². The van der Waals surface area contributed by atoms with E-state index in [9.17, 15) is 9.59 Å². The normalized spacial score (nSPS) is 14.8. The highest BCUT2D eigenvalue weighted by atomic mass is 79.9. The van der Waals surface area contributed by atoms with Crippen LogP contribution in [0.25, 0.3) is 6.08 Å². The molecule has 1 atom stereocenters. The molecule has 0 bridgehead atoms. The van der Waals surface area contributed by atoms with Crippen LogP contribution in [0.1, 0.15) is 36.6 Å². The molecule has 0 saturated carbocycles. The van der Waals surface area contributed by atoms with Crippen molar-refractivity contribution in [3.63, 3.8) is 0 Å².